The molecule has 4 rings (SSSR count). The number of Topliss-reactive ketones (excluding diaryl/α,β-unsaturated/α-hetero) is 1. The smallest absolute Gasteiger partial charge is 0.374 e. The fourth-order valence-corrected chi connectivity index (χ4v) is 4.50. The standard InChI is InChI=1S/C20H26O11/c1-8-3-12(21)20(11(6-27-8)7-29-19(20)26)4-10-5-28-17(25)16(10)31-18-15(24)14(23)13(22)9(2)30-18/h8-9,11,13-15,18,22-24H,3-7H2,1-2H3. The van der Waals surface area contributed by atoms with Gasteiger partial charge in [-0.25, -0.2) is 4.79 Å². The van der Waals surface area contributed by atoms with E-state index in [1.165, 1.54) is 6.92 Å². The molecule has 0 amide bonds. The van der Waals surface area contributed by atoms with Crippen molar-refractivity contribution in [1.29, 1.82) is 0 Å². The molecule has 0 aliphatic carbocycles. The van der Waals surface area contributed by atoms with Crippen LogP contribution >= 0.6 is 0 Å². The number of carbonyl (C=O) groups is 3. The first-order valence-electron chi connectivity index (χ1n) is 10.2. The van der Waals surface area contributed by atoms with Gasteiger partial charge in [-0.1, -0.05) is 0 Å². The van der Waals surface area contributed by atoms with Gasteiger partial charge in [-0.2, -0.15) is 0 Å². The molecule has 172 valence electrons. The number of cyclic esters (lactones) is 2. The van der Waals surface area contributed by atoms with Gasteiger partial charge in [-0.3, -0.25) is 9.59 Å². The van der Waals surface area contributed by atoms with E-state index in [0.717, 1.165) is 0 Å². The summed E-state index contributed by atoms with van der Waals surface area (Å²) in [4.78, 5) is 38.1. The van der Waals surface area contributed by atoms with E-state index in [1.807, 2.05) is 0 Å². The van der Waals surface area contributed by atoms with Gasteiger partial charge in [-0.05, 0) is 20.3 Å². The molecule has 8 unspecified atom stereocenters. The molecule has 0 radical (unpaired) electrons. The zero-order chi connectivity index (χ0) is 22.5. The normalized spacial score (nSPS) is 43.4. The van der Waals surface area contributed by atoms with Crippen LogP contribution in [-0.2, 0) is 38.1 Å². The van der Waals surface area contributed by atoms with Crippen LogP contribution < -0.4 is 0 Å². The third-order valence-corrected chi connectivity index (χ3v) is 6.45. The Labute approximate surface area is 177 Å². The molecule has 3 saturated heterocycles. The predicted molar refractivity (Wildman–Crippen MR) is 98.0 cm³/mol. The summed E-state index contributed by atoms with van der Waals surface area (Å²) in [5.74, 6) is -2.66. The molecule has 4 aliphatic rings. The number of hydrogen-bond acceptors (Lipinski definition) is 11. The molecular formula is C20H26O11. The second-order valence-corrected chi connectivity index (χ2v) is 8.52. The number of rotatable bonds is 4. The zero-order valence-corrected chi connectivity index (χ0v) is 17.2. The molecule has 0 aromatic carbocycles. The predicted octanol–water partition coefficient (Wildman–Crippen LogP) is -1.43. The van der Waals surface area contributed by atoms with Crippen molar-refractivity contribution in [2.45, 2.75) is 63.5 Å². The number of aliphatic hydroxyl groups excluding tert-OH is 3. The average molecular weight is 442 g/mol. The fraction of sp³-hybridized carbons (Fsp3) is 0.750. The topological polar surface area (TPSA) is 158 Å². The molecule has 4 aliphatic heterocycles. The number of fused-ring (bicyclic) bond motifs is 1. The highest BCUT2D eigenvalue weighted by molar-refractivity contribution is 6.06. The maximum absolute atomic E-state index is 13.1. The second kappa shape index (κ2) is 8.14. The average Bonchev–Trinajstić information content (AvgIpc) is 3.19. The van der Waals surface area contributed by atoms with Gasteiger partial charge in [0, 0.05) is 17.9 Å². The number of aliphatic hydroxyl groups is 3. The van der Waals surface area contributed by atoms with Crippen molar-refractivity contribution < 1.29 is 53.4 Å². The maximum atomic E-state index is 13.1. The summed E-state index contributed by atoms with van der Waals surface area (Å²) in [7, 11) is 0. The minimum Gasteiger partial charge on any atom is -0.464 e. The third kappa shape index (κ3) is 3.64. The lowest BCUT2D eigenvalue weighted by Gasteiger charge is -2.38. The largest absolute Gasteiger partial charge is 0.464 e. The van der Waals surface area contributed by atoms with E-state index >= 15 is 0 Å². The Morgan fingerprint density at radius 3 is 2.52 bits per heavy atom. The van der Waals surface area contributed by atoms with Crippen LogP contribution in [0.5, 0.6) is 0 Å². The number of ether oxygens (including phenoxy) is 5. The van der Waals surface area contributed by atoms with Crippen LogP contribution in [0.15, 0.2) is 11.3 Å². The molecule has 3 fully saturated rings. The molecule has 0 spiro atoms. The Balaban J connectivity index is 1.63. The van der Waals surface area contributed by atoms with Gasteiger partial charge in [0.05, 0.1) is 25.4 Å². The van der Waals surface area contributed by atoms with E-state index < -0.39 is 54.0 Å². The number of hydrogen-bond donors (Lipinski definition) is 3. The molecule has 0 aromatic rings. The minimum atomic E-state index is -1.63. The van der Waals surface area contributed by atoms with Crippen molar-refractivity contribution in [2.75, 3.05) is 19.8 Å². The maximum Gasteiger partial charge on any atom is 0.374 e. The Bertz CT molecular complexity index is 807. The quantitative estimate of drug-likeness (QED) is 0.346. The summed E-state index contributed by atoms with van der Waals surface area (Å²) in [5, 5.41) is 30.0. The minimum absolute atomic E-state index is 0.0237. The molecule has 0 bridgehead atoms. The van der Waals surface area contributed by atoms with Crippen molar-refractivity contribution in [3.05, 3.63) is 11.3 Å². The second-order valence-electron chi connectivity index (χ2n) is 8.52. The van der Waals surface area contributed by atoms with E-state index in [4.69, 9.17) is 23.7 Å². The Hall–Kier alpha value is -2.05. The zero-order valence-electron chi connectivity index (χ0n) is 17.2. The van der Waals surface area contributed by atoms with Gasteiger partial charge >= 0.3 is 11.9 Å². The van der Waals surface area contributed by atoms with Crippen LogP contribution in [-0.4, -0.2) is 89.7 Å². The van der Waals surface area contributed by atoms with Crippen molar-refractivity contribution in [3.63, 3.8) is 0 Å². The lowest BCUT2D eigenvalue weighted by atomic mass is 9.69. The highest BCUT2D eigenvalue weighted by Gasteiger charge is 2.60. The van der Waals surface area contributed by atoms with Crippen LogP contribution in [0.1, 0.15) is 26.7 Å². The summed E-state index contributed by atoms with van der Waals surface area (Å²) in [6.07, 6.45) is -7.34. The first-order valence-corrected chi connectivity index (χ1v) is 10.2. The van der Waals surface area contributed by atoms with Crippen LogP contribution in [0.3, 0.4) is 0 Å². The van der Waals surface area contributed by atoms with Gasteiger partial charge in [0.2, 0.25) is 12.0 Å². The molecule has 3 N–H and O–H groups in total. The highest BCUT2D eigenvalue weighted by Crippen LogP contribution is 2.46. The van der Waals surface area contributed by atoms with Crippen LogP contribution in [0.25, 0.3) is 0 Å². The van der Waals surface area contributed by atoms with E-state index in [0.29, 0.717) is 0 Å². The fourth-order valence-electron chi connectivity index (χ4n) is 4.50. The molecule has 8 atom stereocenters. The first kappa shape index (κ1) is 22.2. The Morgan fingerprint density at radius 2 is 1.77 bits per heavy atom. The monoisotopic (exact) mass is 442 g/mol. The molecule has 31 heavy (non-hydrogen) atoms. The lowest BCUT2D eigenvalue weighted by molar-refractivity contribution is -0.282. The molecule has 11 heteroatoms. The van der Waals surface area contributed by atoms with Crippen molar-refractivity contribution in [3.8, 4) is 0 Å². The van der Waals surface area contributed by atoms with E-state index in [1.54, 1.807) is 6.92 Å². The molecule has 0 saturated carbocycles. The van der Waals surface area contributed by atoms with E-state index in [-0.39, 0.29) is 55.9 Å². The number of ketones is 1. The summed E-state index contributed by atoms with van der Waals surface area (Å²) < 4.78 is 26.8. The molecule has 11 nitrogen and oxygen atoms in total. The molecule has 0 aromatic heterocycles. The lowest BCUT2D eigenvalue weighted by Crippen LogP contribution is -2.57. The van der Waals surface area contributed by atoms with Crippen molar-refractivity contribution in [2.24, 2.45) is 11.3 Å². The summed E-state index contributed by atoms with van der Waals surface area (Å²) >= 11 is 0. The Morgan fingerprint density at radius 1 is 1.03 bits per heavy atom. The number of carbonyl (C=O) groups excluding carboxylic acids is 3. The Kier molecular flexibility index (Phi) is 5.81. The summed E-state index contributed by atoms with van der Waals surface area (Å²) in [5.41, 5.74) is -1.27. The van der Waals surface area contributed by atoms with Crippen molar-refractivity contribution in [1.82, 2.24) is 0 Å². The first-order chi connectivity index (χ1) is 14.6. The highest BCUT2D eigenvalue weighted by atomic mass is 16.7. The summed E-state index contributed by atoms with van der Waals surface area (Å²) in [6, 6.07) is 0. The third-order valence-electron chi connectivity index (χ3n) is 6.45. The van der Waals surface area contributed by atoms with Crippen LogP contribution in [0.2, 0.25) is 0 Å². The van der Waals surface area contributed by atoms with Crippen LogP contribution in [0.4, 0.5) is 0 Å². The van der Waals surface area contributed by atoms with E-state index in [9.17, 15) is 29.7 Å². The number of esters is 2. The van der Waals surface area contributed by atoms with Gasteiger partial charge in [0.15, 0.2) is 5.78 Å². The van der Waals surface area contributed by atoms with E-state index in [2.05, 4.69) is 0 Å². The molecule has 4 heterocycles. The van der Waals surface area contributed by atoms with Gasteiger partial charge < -0.3 is 39.0 Å². The molecular weight excluding hydrogens is 416 g/mol. The van der Waals surface area contributed by atoms with Crippen molar-refractivity contribution >= 4 is 17.7 Å². The SMILES string of the molecule is CC1CC(=O)C2(CC3=C(OC4OC(C)C(O)C(O)C4O)C(=O)OC3)C(=O)OCC2CO1. The van der Waals surface area contributed by atoms with Gasteiger partial charge in [0.25, 0.3) is 0 Å². The van der Waals surface area contributed by atoms with Crippen LogP contribution in [0, 0.1) is 11.3 Å². The summed E-state index contributed by atoms with van der Waals surface area (Å²) in [6.45, 7) is 3.20. The van der Waals surface area contributed by atoms with Gasteiger partial charge in [-0.15, -0.1) is 0 Å². The van der Waals surface area contributed by atoms with Gasteiger partial charge in [0.1, 0.15) is 30.3 Å².